The Morgan fingerprint density at radius 1 is 0.473 bits per heavy atom. The van der Waals surface area contributed by atoms with Crippen LogP contribution in [0.1, 0.15) is 297 Å². The van der Waals surface area contributed by atoms with Gasteiger partial charge < -0.3 is 19.4 Å². The predicted octanol–water partition coefficient (Wildman–Crippen LogP) is 19.3. The average Bonchev–Trinajstić information content (AvgIpc) is 3.36. The molecule has 0 aliphatic heterocycles. The number of hydrogen-bond acceptors (Lipinski definition) is 6. The molecular formula is C64H122N2O7P+. The van der Waals surface area contributed by atoms with Crippen molar-refractivity contribution < 1.29 is 37.3 Å². The van der Waals surface area contributed by atoms with Crippen molar-refractivity contribution in [3.63, 3.8) is 0 Å². The lowest BCUT2D eigenvalue weighted by molar-refractivity contribution is -0.870. The molecule has 0 bridgehead atoms. The summed E-state index contributed by atoms with van der Waals surface area (Å²) in [6, 6.07) is -0.853. The second-order valence-corrected chi connectivity index (χ2v) is 24.0. The van der Waals surface area contributed by atoms with E-state index < -0.39 is 20.0 Å². The summed E-state index contributed by atoms with van der Waals surface area (Å²) < 4.78 is 30.7. The largest absolute Gasteiger partial charge is 0.472 e. The summed E-state index contributed by atoms with van der Waals surface area (Å²) >= 11 is 0. The lowest BCUT2D eigenvalue weighted by Gasteiger charge is -2.27. The second kappa shape index (κ2) is 54.3. The molecule has 3 unspecified atom stereocenters. The van der Waals surface area contributed by atoms with Gasteiger partial charge in [-0.3, -0.25) is 18.6 Å². The molecule has 0 aliphatic rings. The standard InChI is InChI=1S/C64H121N2O7P/c1-7-10-13-16-19-22-25-28-30-32-33-35-36-38-41-44-47-50-53-56-63(67)65-61(60-72-74(69,70)71-59-58-66(4,5)6)62(55-52-49-46-43-40-27-24-21-18-15-12-9-3)73-64(68)57-54-51-48-45-42-39-37-34-31-29-26-23-20-17-14-11-8-2/h19,22,28,30,33,35,52,55,61-62H,7-18,20-21,23-27,29,31-32,34,36-51,53-54,56-60H2,1-6H3,(H-,65,67,69,70)/p+1/b22-19-,30-28-,35-33-,55-52+. The topological polar surface area (TPSA) is 111 Å². The highest BCUT2D eigenvalue weighted by atomic mass is 31.2. The zero-order valence-electron chi connectivity index (χ0n) is 49.6. The van der Waals surface area contributed by atoms with Gasteiger partial charge in [-0.15, -0.1) is 0 Å². The van der Waals surface area contributed by atoms with Crippen molar-refractivity contribution in [3.05, 3.63) is 48.6 Å². The number of quaternary nitrogens is 1. The monoisotopic (exact) mass is 1060 g/mol. The van der Waals surface area contributed by atoms with Gasteiger partial charge in [0.05, 0.1) is 33.8 Å². The zero-order valence-corrected chi connectivity index (χ0v) is 50.5. The Labute approximate surface area is 458 Å². The number of nitrogens with one attached hydrogen (secondary N) is 1. The maximum absolute atomic E-state index is 13.5. The van der Waals surface area contributed by atoms with E-state index in [0.717, 1.165) is 83.5 Å². The number of ether oxygens (including phenoxy) is 1. The van der Waals surface area contributed by atoms with Gasteiger partial charge in [0.2, 0.25) is 5.91 Å². The minimum absolute atomic E-state index is 0.0384. The summed E-state index contributed by atoms with van der Waals surface area (Å²) in [7, 11) is 1.49. The second-order valence-electron chi connectivity index (χ2n) is 22.6. The van der Waals surface area contributed by atoms with Crippen LogP contribution in [0.5, 0.6) is 0 Å². The molecule has 0 aromatic heterocycles. The van der Waals surface area contributed by atoms with Crippen molar-refractivity contribution in [2.24, 2.45) is 0 Å². The highest BCUT2D eigenvalue weighted by molar-refractivity contribution is 7.47. The van der Waals surface area contributed by atoms with Crippen molar-refractivity contribution in [2.75, 3.05) is 40.9 Å². The van der Waals surface area contributed by atoms with Gasteiger partial charge in [0.25, 0.3) is 0 Å². The maximum Gasteiger partial charge on any atom is 0.472 e. The molecule has 3 atom stereocenters. The third kappa shape index (κ3) is 54.7. The number of likely N-dealkylation sites (N-methyl/N-ethyl adjacent to an activating group) is 1. The molecule has 0 aromatic carbocycles. The lowest BCUT2D eigenvalue weighted by Crippen LogP contribution is -2.47. The molecule has 0 fully saturated rings. The third-order valence-corrected chi connectivity index (χ3v) is 15.0. The van der Waals surface area contributed by atoms with Gasteiger partial charge in [0, 0.05) is 12.8 Å². The van der Waals surface area contributed by atoms with Crippen LogP contribution in [-0.4, -0.2) is 74.3 Å². The van der Waals surface area contributed by atoms with Crippen LogP contribution in [0, 0.1) is 0 Å². The van der Waals surface area contributed by atoms with E-state index in [0.29, 0.717) is 23.9 Å². The van der Waals surface area contributed by atoms with Gasteiger partial charge in [-0.2, -0.15) is 0 Å². The number of amides is 1. The molecule has 2 N–H and O–H groups in total. The van der Waals surface area contributed by atoms with E-state index in [4.69, 9.17) is 13.8 Å². The van der Waals surface area contributed by atoms with E-state index in [9.17, 15) is 19.0 Å². The first-order chi connectivity index (χ1) is 35.9. The van der Waals surface area contributed by atoms with Crippen molar-refractivity contribution in [2.45, 2.75) is 309 Å². The number of phosphoric ester groups is 1. The van der Waals surface area contributed by atoms with Gasteiger partial charge in [-0.1, -0.05) is 262 Å². The van der Waals surface area contributed by atoms with Gasteiger partial charge in [0.1, 0.15) is 19.3 Å². The van der Waals surface area contributed by atoms with Crippen LogP contribution in [0.15, 0.2) is 48.6 Å². The summed E-state index contributed by atoms with van der Waals surface area (Å²) in [5.41, 5.74) is 0. The summed E-state index contributed by atoms with van der Waals surface area (Å²) in [6.45, 7) is 7.00. The average molecular weight is 1060 g/mol. The maximum atomic E-state index is 13.5. The molecule has 434 valence electrons. The molecule has 0 radical (unpaired) electrons. The van der Waals surface area contributed by atoms with Crippen LogP contribution in [0.2, 0.25) is 0 Å². The quantitative estimate of drug-likeness (QED) is 0.0205. The van der Waals surface area contributed by atoms with Crippen LogP contribution >= 0.6 is 7.82 Å². The molecule has 0 aliphatic carbocycles. The predicted molar refractivity (Wildman–Crippen MR) is 319 cm³/mol. The number of carbonyl (C=O) groups excluding carboxylic acids is 2. The third-order valence-electron chi connectivity index (χ3n) is 14.0. The fourth-order valence-electron chi connectivity index (χ4n) is 9.12. The fraction of sp³-hybridized carbons (Fsp3) is 0.844. The Morgan fingerprint density at radius 2 is 0.824 bits per heavy atom. The molecule has 1 amide bonds. The highest BCUT2D eigenvalue weighted by Crippen LogP contribution is 2.43. The minimum atomic E-state index is -4.45. The number of esters is 1. The Kier molecular flexibility index (Phi) is 52.8. The Balaban J connectivity index is 5.26. The SMILES string of the molecule is CCCCC/C=C\C/C=C\C/C=C\CCCCCCCCC(=O)NC(COP(=O)(O)OCC[N+](C)(C)C)C(/C=C/CCCCCCCCCCCC)OC(=O)CCCCCCCCCCCCCCCCCCC. The summed E-state index contributed by atoms with van der Waals surface area (Å²) in [5, 5.41) is 3.05. The number of hydrogen-bond donors (Lipinski definition) is 2. The van der Waals surface area contributed by atoms with Crippen LogP contribution in [-0.2, 0) is 27.9 Å². The van der Waals surface area contributed by atoms with Crippen LogP contribution in [0.4, 0.5) is 0 Å². The zero-order chi connectivity index (χ0) is 54.3. The number of rotatable bonds is 57. The van der Waals surface area contributed by atoms with Gasteiger partial charge in [0.15, 0.2) is 0 Å². The van der Waals surface area contributed by atoms with E-state index in [1.54, 1.807) is 0 Å². The number of unbranched alkanes of at least 4 members (excludes halogenated alkanes) is 35. The first-order valence-electron chi connectivity index (χ1n) is 31.5. The molecule has 0 spiro atoms. The van der Waals surface area contributed by atoms with Crippen molar-refractivity contribution in [3.8, 4) is 0 Å². The number of phosphoric acid groups is 1. The summed E-state index contributed by atoms with van der Waals surface area (Å²) in [6.07, 6.45) is 66.7. The minimum Gasteiger partial charge on any atom is -0.456 e. The number of allylic oxidation sites excluding steroid dienone is 7. The number of carbonyl (C=O) groups is 2. The molecule has 0 saturated carbocycles. The van der Waals surface area contributed by atoms with Crippen LogP contribution < -0.4 is 5.32 Å². The summed E-state index contributed by atoms with van der Waals surface area (Å²) in [4.78, 5) is 37.7. The van der Waals surface area contributed by atoms with Crippen molar-refractivity contribution in [1.82, 2.24) is 5.32 Å². The summed E-state index contributed by atoms with van der Waals surface area (Å²) in [5.74, 6) is -0.509. The smallest absolute Gasteiger partial charge is 0.456 e. The molecule has 0 rings (SSSR count). The molecular weight excluding hydrogens is 940 g/mol. The van der Waals surface area contributed by atoms with Crippen LogP contribution in [0.3, 0.4) is 0 Å². The molecule has 0 heterocycles. The van der Waals surface area contributed by atoms with Gasteiger partial charge in [-0.25, -0.2) is 4.57 Å². The van der Waals surface area contributed by atoms with Gasteiger partial charge >= 0.3 is 13.8 Å². The fourth-order valence-corrected chi connectivity index (χ4v) is 9.86. The highest BCUT2D eigenvalue weighted by Gasteiger charge is 2.30. The molecule has 9 nitrogen and oxygen atoms in total. The first kappa shape index (κ1) is 72.0. The van der Waals surface area contributed by atoms with Crippen molar-refractivity contribution in [1.29, 1.82) is 0 Å². The van der Waals surface area contributed by atoms with E-state index in [2.05, 4.69) is 62.5 Å². The molecule has 10 heteroatoms. The lowest BCUT2D eigenvalue weighted by atomic mass is 10.0. The normalized spacial score (nSPS) is 14.0. The van der Waals surface area contributed by atoms with E-state index in [-0.39, 0.29) is 25.1 Å². The molecule has 0 saturated heterocycles. The Morgan fingerprint density at radius 3 is 1.26 bits per heavy atom. The van der Waals surface area contributed by atoms with Crippen LogP contribution in [0.25, 0.3) is 0 Å². The van der Waals surface area contributed by atoms with E-state index in [1.807, 2.05) is 33.3 Å². The van der Waals surface area contributed by atoms with Crippen molar-refractivity contribution >= 4 is 19.7 Å². The van der Waals surface area contributed by atoms with Gasteiger partial charge in [-0.05, 0) is 70.3 Å². The number of nitrogens with zero attached hydrogens (tertiary/aromatic N) is 1. The first-order valence-corrected chi connectivity index (χ1v) is 33.0. The Bertz CT molecular complexity index is 1410. The molecule has 74 heavy (non-hydrogen) atoms. The Hall–Kier alpha value is -2.03. The molecule has 0 aromatic rings. The van der Waals surface area contributed by atoms with E-state index in [1.165, 1.54) is 180 Å². The van der Waals surface area contributed by atoms with E-state index >= 15 is 0 Å².